The second-order valence-corrected chi connectivity index (χ2v) is 3.79. The molecule has 0 bridgehead atoms. The maximum Gasteiger partial charge on any atom is 0.296 e. The van der Waals surface area contributed by atoms with Crippen LogP contribution in [0.15, 0.2) is 24.3 Å². The van der Waals surface area contributed by atoms with Crippen molar-refractivity contribution in [2.24, 2.45) is 0 Å². The molecule has 1 aliphatic heterocycles. The van der Waals surface area contributed by atoms with Crippen LogP contribution in [0.3, 0.4) is 0 Å². The topological polar surface area (TPSA) is 21.3 Å². The highest BCUT2D eigenvalue weighted by atomic mass is 19.3. The van der Waals surface area contributed by atoms with Crippen molar-refractivity contribution in [1.29, 1.82) is 0 Å². The van der Waals surface area contributed by atoms with E-state index in [9.17, 15) is 13.2 Å². The van der Waals surface area contributed by atoms with Gasteiger partial charge in [-0.05, 0) is 30.8 Å². The van der Waals surface area contributed by atoms with Gasteiger partial charge >= 0.3 is 0 Å². The molecule has 2 nitrogen and oxygen atoms in total. The van der Waals surface area contributed by atoms with Gasteiger partial charge in [0.25, 0.3) is 5.92 Å². The second kappa shape index (κ2) is 4.33. The van der Waals surface area contributed by atoms with Gasteiger partial charge in [-0.3, -0.25) is 0 Å². The number of nitrogens with one attached hydrogen (secondary N) is 1. The van der Waals surface area contributed by atoms with E-state index in [1.54, 1.807) is 0 Å². The van der Waals surface area contributed by atoms with E-state index in [1.165, 1.54) is 24.3 Å². The fourth-order valence-electron chi connectivity index (χ4n) is 1.64. The summed E-state index contributed by atoms with van der Waals surface area (Å²) in [6, 6.07) is 5.09. The van der Waals surface area contributed by atoms with Gasteiger partial charge in [0.2, 0.25) is 0 Å². The molecule has 0 spiro atoms. The summed E-state index contributed by atoms with van der Waals surface area (Å²) in [6.07, 6.45) is -0.899. The molecule has 1 aliphatic rings. The first-order valence-corrected chi connectivity index (χ1v) is 5.09. The van der Waals surface area contributed by atoms with E-state index in [4.69, 9.17) is 4.74 Å². The quantitative estimate of drug-likeness (QED) is 0.842. The van der Waals surface area contributed by atoms with Crippen molar-refractivity contribution in [3.8, 4) is 5.75 Å². The average molecular weight is 231 g/mol. The Morgan fingerprint density at radius 1 is 1.25 bits per heavy atom. The smallest absolute Gasteiger partial charge is 0.296 e. The first-order chi connectivity index (χ1) is 7.58. The summed E-state index contributed by atoms with van der Waals surface area (Å²) in [5.41, 5.74) is 0. The predicted octanol–water partition coefficient (Wildman–Crippen LogP) is 2.20. The number of rotatable bonds is 2. The number of piperidine rings is 1. The average Bonchev–Trinajstić information content (AvgIpc) is 2.24. The summed E-state index contributed by atoms with van der Waals surface area (Å²) >= 11 is 0. The highest BCUT2D eigenvalue weighted by Crippen LogP contribution is 2.27. The summed E-state index contributed by atoms with van der Waals surface area (Å²) in [5.74, 6) is -3.02. The van der Waals surface area contributed by atoms with E-state index in [1.807, 2.05) is 0 Å². The number of hydrogen-bond donors (Lipinski definition) is 1. The monoisotopic (exact) mass is 231 g/mol. The van der Waals surface area contributed by atoms with Crippen LogP contribution in [0.2, 0.25) is 0 Å². The number of alkyl halides is 2. The van der Waals surface area contributed by atoms with Gasteiger partial charge in [-0.1, -0.05) is 0 Å². The lowest BCUT2D eigenvalue weighted by Gasteiger charge is -2.31. The summed E-state index contributed by atoms with van der Waals surface area (Å²) in [7, 11) is 0. The summed E-state index contributed by atoms with van der Waals surface area (Å²) in [6.45, 7) is 0.125. The SMILES string of the molecule is Fc1ccc(OC2CCNCC2(F)F)cc1. The van der Waals surface area contributed by atoms with Crippen LogP contribution in [0, 0.1) is 5.82 Å². The fraction of sp³-hybridized carbons (Fsp3) is 0.455. The first-order valence-electron chi connectivity index (χ1n) is 5.09. The van der Waals surface area contributed by atoms with Gasteiger partial charge in [-0.25, -0.2) is 13.2 Å². The first kappa shape index (κ1) is 11.3. The molecule has 1 N–H and O–H groups in total. The van der Waals surface area contributed by atoms with Crippen LogP contribution < -0.4 is 10.1 Å². The van der Waals surface area contributed by atoms with Crippen molar-refractivity contribution < 1.29 is 17.9 Å². The van der Waals surface area contributed by atoms with Gasteiger partial charge in [-0.15, -0.1) is 0 Å². The van der Waals surface area contributed by atoms with Crippen LogP contribution in [-0.4, -0.2) is 25.1 Å². The van der Waals surface area contributed by atoms with E-state index in [2.05, 4.69) is 5.32 Å². The molecular formula is C11H12F3NO. The van der Waals surface area contributed by atoms with E-state index in [0.717, 1.165) is 0 Å². The molecule has 5 heteroatoms. The third kappa shape index (κ3) is 2.47. The van der Waals surface area contributed by atoms with Gasteiger partial charge in [-0.2, -0.15) is 0 Å². The Morgan fingerprint density at radius 2 is 1.94 bits per heavy atom. The Labute approximate surface area is 91.4 Å². The van der Waals surface area contributed by atoms with E-state index in [-0.39, 0.29) is 18.7 Å². The van der Waals surface area contributed by atoms with Gasteiger partial charge in [0.15, 0.2) is 6.10 Å². The third-order valence-corrected chi connectivity index (χ3v) is 2.51. The van der Waals surface area contributed by atoms with Crippen LogP contribution in [0.4, 0.5) is 13.2 Å². The Hall–Kier alpha value is -1.23. The molecule has 1 atom stereocenters. The summed E-state index contributed by atoms with van der Waals surface area (Å²) in [5, 5.41) is 2.61. The molecule has 2 rings (SSSR count). The number of benzene rings is 1. The van der Waals surface area contributed by atoms with Crippen LogP contribution in [0.25, 0.3) is 0 Å². The number of ether oxygens (including phenoxy) is 1. The minimum absolute atomic E-state index is 0.240. The summed E-state index contributed by atoms with van der Waals surface area (Å²) in [4.78, 5) is 0. The van der Waals surface area contributed by atoms with Gasteiger partial charge in [0.05, 0.1) is 6.54 Å². The van der Waals surface area contributed by atoms with Crippen LogP contribution >= 0.6 is 0 Å². The van der Waals surface area contributed by atoms with Crippen molar-refractivity contribution in [2.75, 3.05) is 13.1 Å². The zero-order valence-electron chi connectivity index (χ0n) is 8.55. The van der Waals surface area contributed by atoms with Crippen molar-refractivity contribution in [2.45, 2.75) is 18.4 Å². The zero-order chi connectivity index (χ0) is 11.6. The second-order valence-electron chi connectivity index (χ2n) is 3.79. The molecule has 1 aromatic rings. The minimum atomic E-state index is -2.88. The molecule has 0 aromatic heterocycles. The molecule has 1 unspecified atom stereocenters. The van der Waals surface area contributed by atoms with Gasteiger partial charge in [0.1, 0.15) is 11.6 Å². The molecule has 88 valence electrons. The van der Waals surface area contributed by atoms with Gasteiger partial charge < -0.3 is 10.1 Å². The fourth-order valence-corrected chi connectivity index (χ4v) is 1.64. The van der Waals surface area contributed by atoms with Gasteiger partial charge in [0, 0.05) is 6.42 Å². The van der Waals surface area contributed by atoms with E-state index >= 15 is 0 Å². The molecule has 1 saturated heterocycles. The Bertz CT molecular complexity index is 353. The van der Waals surface area contributed by atoms with Crippen molar-refractivity contribution in [3.05, 3.63) is 30.1 Å². The molecule has 1 aromatic carbocycles. The lowest BCUT2D eigenvalue weighted by atomic mass is 10.1. The Morgan fingerprint density at radius 3 is 2.56 bits per heavy atom. The maximum atomic E-state index is 13.4. The van der Waals surface area contributed by atoms with Crippen LogP contribution in [-0.2, 0) is 0 Å². The highest BCUT2D eigenvalue weighted by molar-refractivity contribution is 5.22. The van der Waals surface area contributed by atoms with E-state index < -0.39 is 17.8 Å². The molecule has 0 radical (unpaired) electrons. The Kier molecular flexibility index (Phi) is 3.05. The molecule has 0 saturated carbocycles. The van der Waals surface area contributed by atoms with Crippen LogP contribution in [0.1, 0.15) is 6.42 Å². The lowest BCUT2D eigenvalue weighted by molar-refractivity contribution is -0.108. The molecule has 0 aliphatic carbocycles. The summed E-state index contributed by atoms with van der Waals surface area (Å²) < 4.78 is 44.5. The van der Waals surface area contributed by atoms with Crippen LogP contribution in [0.5, 0.6) is 5.75 Å². The van der Waals surface area contributed by atoms with Crippen molar-refractivity contribution >= 4 is 0 Å². The predicted molar refractivity (Wildman–Crippen MR) is 53.2 cm³/mol. The largest absolute Gasteiger partial charge is 0.484 e. The zero-order valence-corrected chi connectivity index (χ0v) is 8.55. The molecule has 1 heterocycles. The van der Waals surface area contributed by atoms with Crippen molar-refractivity contribution in [3.63, 3.8) is 0 Å². The Balaban J connectivity index is 2.05. The normalized spacial score (nSPS) is 24.1. The highest BCUT2D eigenvalue weighted by Gasteiger charge is 2.43. The number of hydrogen-bond acceptors (Lipinski definition) is 2. The lowest BCUT2D eigenvalue weighted by Crippen LogP contribution is -2.52. The molecular weight excluding hydrogens is 219 g/mol. The third-order valence-electron chi connectivity index (χ3n) is 2.51. The van der Waals surface area contributed by atoms with Crippen molar-refractivity contribution in [1.82, 2.24) is 5.32 Å². The molecule has 1 fully saturated rings. The maximum absolute atomic E-state index is 13.4. The van der Waals surface area contributed by atoms with E-state index in [0.29, 0.717) is 6.54 Å². The standard InChI is InChI=1S/C11H12F3NO/c12-8-1-3-9(4-2-8)16-10-5-6-15-7-11(10,13)14/h1-4,10,15H,5-7H2. The number of halogens is 3. The molecule has 16 heavy (non-hydrogen) atoms. The molecule has 0 amide bonds. The minimum Gasteiger partial charge on any atom is -0.484 e.